The molecule has 1 fully saturated rings. The van der Waals surface area contributed by atoms with Crippen molar-refractivity contribution in [1.82, 2.24) is 25.9 Å². The van der Waals surface area contributed by atoms with Gasteiger partial charge in [0.2, 0.25) is 11.8 Å². The van der Waals surface area contributed by atoms with Gasteiger partial charge in [0.1, 0.15) is 11.9 Å². The van der Waals surface area contributed by atoms with E-state index in [1.54, 1.807) is 0 Å². The molecule has 1 aliphatic heterocycles. The molecule has 2 atom stereocenters. The van der Waals surface area contributed by atoms with Crippen molar-refractivity contribution < 1.29 is 9.59 Å². The predicted molar refractivity (Wildman–Crippen MR) is 183 cm³/mol. The van der Waals surface area contributed by atoms with Crippen LogP contribution in [0.25, 0.3) is 27.6 Å². The van der Waals surface area contributed by atoms with Gasteiger partial charge in [0.25, 0.3) is 0 Å². The molecule has 7 heteroatoms. The number of hydrogen-bond acceptors (Lipinski definition) is 4. The molecule has 0 bridgehead atoms. The van der Waals surface area contributed by atoms with E-state index in [0.717, 1.165) is 59.9 Å². The van der Waals surface area contributed by atoms with Crippen molar-refractivity contribution >= 4 is 28.2 Å². The first-order chi connectivity index (χ1) is 22.6. The third kappa shape index (κ3) is 6.51. The molecule has 0 spiro atoms. The number of imidazole rings is 1. The Hall–Kier alpha value is -5.01. The van der Waals surface area contributed by atoms with Crippen LogP contribution in [-0.2, 0) is 22.4 Å². The molecule has 4 aromatic carbocycles. The molecular weight excluding hydrogens is 570 g/mol. The molecule has 0 radical (unpaired) electrons. The Labute approximate surface area is 269 Å². The molecule has 0 unspecified atom stereocenters. The second-order valence-electron chi connectivity index (χ2n) is 12.3. The molecule has 46 heavy (non-hydrogen) atoms. The van der Waals surface area contributed by atoms with E-state index in [2.05, 4.69) is 75.5 Å². The minimum atomic E-state index is -0.746. The van der Waals surface area contributed by atoms with Crippen molar-refractivity contribution in [3.63, 3.8) is 0 Å². The second kappa shape index (κ2) is 13.5. The molecule has 4 N–H and O–H groups in total. The Morgan fingerprint density at radius 3 is 2.46 bits per heavy atom. The first-order valence-electron chi connectivity index (χ1n) is 16.3. The van der Waals surface area contributed by atoms with Crippen LogP contribution in [0.15, 0.2) is 109 Å². The maximum atomic E-state index is 14.4. The molecule has 2 aliphatic rings. The van der Waals surface area contributed by atoms with Gasteiger partial charge in [0.05, 0.1) is 17.9 Å². The highest BCUT2D eigenvalue weighted by Gasteiger charge is 2.30. The molecule has 2 heterocycles. The molecule has 1 aliphatic carbocycles. The van der Waals surface area contributed by atoms with Crippen molar-refractivity contribution in [2.45, 2.75) is 44.2 Å². The fourth-order valence-corrected chi connectivity index (χ4v) is 6.81. The molecule has 5 aromatic rings. The lowest BCUT2D eigenvalue weighted by Gasteiger charge is -2.27. The van der Waals surface area contributed by atoms with Crippen molar-refractivity contribution in [2.24, 2.45) is 5.92 Å². The Morgan fingerprint density at radius 1 is 0.826 bits per heavy atom. The number of piperidine rings is 1. The van der Waals surface area contributed by atoms with Gasteiger partial charge in [-0.1, -0.05) is 103 Å². The zero-order valence-electron chi connectivity index (χ0n) is 25.8. The van der Waals surface area contributed by atoms with Crippen LogP contribution in [0.5, 0.6) is 0 Å². The molecule has 232 valence electrons. The Balaban J connectivity index is 1.19. The van der Waals surface area contributed by atoms with Crippen LogP contribution in [0.2, 0.25) is 0 Å². The summed E-state index contributed by atoms with van der Waals surface area (Å²) in [6.07, 6.45) is 7.43. The molecule has 7 rings (SSSR count). The number of allylic oxidation sites excluding steroid dienone is 1. The normalized spacial score (nSPS) is 16.0. The van der Waals surface area contributed by atoms with Crippen LogP contribution in [-0.4, -0.2) is 40.9 Å². The number of carbonyl (C=O) groups excluding carboxylic acids is 2. The number of amides is 2. The van der Waals surface area contributed by atoms with Gasteiger partial charge in [-0.2, -0.15) is 0 Å². The summed E-state index contributed by atoms with van der Waals surface area (Å²) >= 11 is 0. The molecule has 0 saturated carbocycles. The molecule has 1 aromatic heterocycles. The number of nitrogens with zero attached hydrogens (tertiary/aromatic N) is 1. The highest BCUT2D eigenvalue weighted by molar-refractivity contribution is 5.91. The molecular formula is C39H39N5O2. The fraction of sp³-hybridized carbons (Fsp3) is 0.256. The van der Waals surface area contributed by atoms with Gasteiger partial charge in [-0.15, -0.1) is 0 Å². The zero-order chi connectivity index (χ0) is 31.3. The van der Waals surface area contributed by atoms with Crippen LogP contribution in [0.1, 0.15) is 47.8 Å². The molecule has 1 saturated heterocycles. The van der Waals surface area contributed by atoms with Crippen molar-refractivity contribution in [2.75, 3.05) is 13.1 Å². The number of benzene rings is 4. The van der Waals surface area contributed by atoms with E-state index in [4.69, 9.17) is 4.98 Å². The van der Waals surface area contributed by atoms with Crippen molar-refractivity contribution in [1.29, 1.82) is 0 Å². The van der Waals surface area contributed by atoms with E-state index in [1.165, 1.54) is 16.7 Å². The van der Waals surface area contributed by atoms with Gasteiger partial charge < -0.3 is 20.9 Å². The summed E-state index contributed by atoms with van der Waals surface area (Å²) in [5, 5.41) is 12.0. The predicted octanol–water partition coefficient (Wildman–Crippen LogP) is 6.14. The lowest BCUT2D eigenvalue weighted by Crippen LogP contribution is -2.51. The van der Waals surface area contributed by atoms with E-state index in [-0.39, 0.29) is 17.7 Å². The summed E-state index contributed by atoms with van der Waals surface area (Å²) in [7, 11) is 0. The van der Waals surface area contributed by atoms with Gasteiger partial charge in [-0.05, 0) is 71.0 Å². The summed E-state index contributed by atoms with van der Waals surface area (Å²) < 4.78 is 0. The van der Waals surface area contributed by atoms with Gasteiger partial charge in [-0.3, -0.25) is 9.59 Å². The lowest BCUT2D eigenvalue weighted by atomic mass is 9.94. The largest absolute Gasteiger partial charge is 0.344 e. The lowest BCUT2D eigenvalue weighted by molar-refractivity contribution is -0.132. The summed E-state index contributed by atoms with van der Waals surface area (Å²) in [5.41, 5.74) is 6.63. The van der Waals surface area contributed by atoms with Crippen LogP contribution < -0.4 is 16.0 Å². The van der Waals surface area contributed by atoms with Gasteiger partial charge in [0.15, 0.2) is 0 Å². The number of hydrogen-bond donors (Lipinski definition) is 4. The van der Waals surface area contributed by atoms with E-state index >= 15 is 0 Å². The summed E-state index contributed by atoms with van der Waals surface area (Å²) in [6.45, 7) is 1.61. The third-order valence-corrected chi connectivity index (χ3v) is 9.33. The first-order valence-corrected chi connectivity index (χ1v) is 16.3. The fourth-order valence-electron chi connectivity index (χ4n) is 6.81. The molecule has 7 nitrogen and oxygen atoms in total. The monoisotopic (exact) mass is 609 g/mol. The maximum absolute atomic E-state index is 14.4. The van der Waals surface area contributed by atoms with E-state index in [0.29, 0.717) is 18.7 Å². The topological polar surface area (TPSA) is 98.9 Å². The van der Waals surface area contributed by atoms with E-state index in [1.807, 2.05) is 54.7 Å². The SMILES string of the molecule is O=C(N[C@H](Cc1cccc2ccccc12)C(=O)N[C@H](CC1=CCc2ccccc21)c1ncc(-c2ccccc2)[nH]1)C1CCNCC1. The number of nitrogens with one attached hydrogen (secondary N) is 4. The Kier molecular flexibility index (Phi) is 8.74. The molecule has 2 amide bonds. The summed E-state index contributed by atoms with van der Waals surface area (Å²) in [5.74, 6) is 0.296. The number of carbonyl (C=O) groups is 2. The van der Waals surface area contributed by atoms with Gasteiger partial charge >= 0.3 is 0 Å². The van der Waals surface area contributed by atoms with E-state index in [9.17, 15) is 9.59 Å². The Morgan fingerprint density at radius 2 is 1.59 bits per heavy atom. The standard InChI is InChI=1S/C39H39N5O2/c45-38(29-19-21-40-22-20-29)44-35(24-30-14-8-13-26-9-4-6-15-32(26)30)39(46)43-34(23-31-18-17-27-10-5-7-16-33(27)31)37-41-25-36(42-37)28-11-2-1-3-12-28/h1-16,18,25,29,34-35,40H,17,19-24H2,(H,41,42)(H,43,46)(H,44,45)/t34-,35-/m1/s1. The summed E-state index contributed by atoms with van der Waals surface area (Å²) in [6, 6.07) is 31.6. The quantitative estimate of drug-likeness (QED) is 0.153. The minimum absolute atomic E-state index is 0.0600. The third-order valence-electron chi connectivity index (χ3n) is 9.33. The zero-order valence-corrected chi connectivity index (χ0v) is 25.8. The Bertz CT molecular complexity index is 1870. The number of fused-ring (bicyclic) bond motifs is 2. The minimum Gasteiger partial charge on any atom is -0.344 e. The van der Waals surface area contributed by atoms with Crippen LogP contribution in [0.4, 0.5) is 0 Å². The van der Waals surface area contributed by atoms with Gasteiger partial charge in [-0.25, -0.2) is 4.98 Å². The number of aromatic amines is 1. The average Bonchev–Trinajstić information content (AvgIpc) is 3.77. The smallest absolute Gasteiger partial charge is 0.243 e. The second-order valence-corrected chi connectivity index (χ2v) is 12.3. The number of H-pyrrole nitrogens is 1. The number of aromatic nitrogens is 2. The van der Waals surface area contributed by atoms with Crippen molar-refractivity contribution in [3.05, 3.63) is 132 Å². The van der Waals surface area contributed by atoms with Crippen LogP contribution in [0.3, 0.4) is 0 Å². The highest BCUT2D eigenvalue weighted by atomic mass is 16.2. The first kappa shape index (κ1) is 29.7. The van der Waals surface area contributed by atoms with Crippen molar-refractivity contribution in [3.8, 4) is 11.3 Å². The average molecular weight is 610 g/mol. The number of rotatable bonds is 10. The van der Waals surface area contributed by atoms with Gasteiger partial charge in [0, 0.05) is 18.8 Å². The maximum Gasteiger partial charge on any atom is 0.243 e. The van der Waals surface area contributed by atoms with E-state index < -0.39 is 12.1 Å². The van der Waals surface area contributed by atoms with Crippen LogP contribution in [0, 0.1) is 5.92 Å². The highest BCUT2D eigenvalue weighted by Crippen LogP contribution is 2.34. The van der Waals surface area contributed by atoms with Crippen LogP contribution >= 0.6 is 0 Å². The summed E-state index contributed by atoms with van der Waals surface area (Å²) in [4.78, 5) is 36.2.